The lowest BCUT2D eigenvalue weighted by Crippen LogP contribution is -2.49. The van der Waals surface area contributed by atoms with E-state index in [0.29, 0.717) is 19.3 Å². The number of alkyl halides is 3. The fourth-order valence-corrected chi connectivity index (χ4v) is 2.92. The molecular formula is C16H20F3NO2. The van der Waals surface area contributed by atoms with Crippen molar-refractivity contribution in [2.75, 3.05) is 6.54 Å². The minimum absolute atomic E-state index is 0.0505. The van der Waals surface area contributed by atoms with Gasteiger partial charge in [-0.15, -0.1) is 0 Å². The predicted molar refractivity (Wildman–Crippen MR) is 76.0 cm³/mol. The molecule has 0 atom stereocenters. The van der Waals surface area contributed by atoms with Crippen LogP contribution in [0.2, 0.25) is 0 Å². The quantitative estimate of drug-likeness (QED) is 0.877. The van der Waals surface area contributed by atoms with Crippen molar-refractivity contribution < 1.29 is 23.1 Å². The van der Waals surface area contributed by atoms with Gasteiger partial charge in [0.2, 0.25) is 5.91 Å². The summed E-state index contributed by atoms with van der Waals surface area (Å²) in [5.41, 5.74) is -0.520. The number of halogens is 3. The van der Waals surface area contributed by atoms with Crippen LogP contribution in [0.4, 0.5) is 13.2 Å². The van der Waals surface area contributed by atoms with Crippen LogP contribution in [-0.4, -0.2) is 23.7 Å². The lowest BCUT2D eigenvalue weighted by molar-refractivity contribution is -0.220. The standard InChI is InChI=1S/C16H20F3NO2/c17-16(18,19)15(8-1-2-9-15)14(22)20-10-7-12-3-5-13(11-21)6-4-12/h3-6,21H,1-2,7-11H2,(H,20,22). The average Bonchev–Trinajstić information content (AvgIpc) is 2.98. The number of carbonyl (C=O) groups is 1. The maximum atomic E-state index is 13.2. The number of nitrogens with one attached hydrogen (secondary N) is 1. The Kier molecular flexibility index (Phi) is 5.11. The van der Waals surface area contributed by atoms with E-state index in [1.165, 1.54) is 0 Å². The van der Waals surface area contributed by atoms with Gasteiger partial charge in [0.1, 0.15) is 5.41 Å². The van der Waals surface area contributed by atoms with Gasteiger partial charge in [0.15, 0.2) is 0 Å². The van der Waals surface area contributed by atoms with Gasteiger partial charge in [0, 0.05) is 6.54 Å². The second kappa shape index (κ2) is 6.69. The lowest BCUT2D eigenvalue weighted by Gasteiger charge is -2.30. The van der Waals surface area contributed by atoms with Gasteiger partial charge in [-0.25, -0.2) is 0 Å². The molecule has 0 saturated heterocycles. The molecule has 1 aromatic carbocycles. The molecule has 0 bridgehead atoms. The van der Waals surface area contributed by atoms with Gasteiger partial charge in [-0.2, -0.15) is 13.2 Å². The molecule has 1 aliphatic carbocycles. The van der Waals surface area contributed by atoms with E-state index in [1.807, 2.05) is 0 Å². The van der Waals surface area contributed by atoms with Crippen LogP contribution in [0, 0.1) is 5.41 Å². The number of amides is 1. The molecule has 22 heavy (non-hydrogen) atoms. The molecular weight excluding hydrogens is 295 g/mol. The van der Waals surface area contributed by atoms with Gasteiger partial charge < -0.3 is 10.4 Å². The number of aliphatic hydroxyl groups is 1. The van der Waals surface area contributed by atoms with Gasteiger partial charge in [0.05, 0.1) is 6.61 Å². The summed E-state index contributed by atoms with van der Waals surface area (Å²) < 4.78 is 39.6. The summed E-state index contributed by atoms with van der Waals surface area (Å²) in [6, 6.07) is 7.11. The fraction of sp³-hybridized carbons (Fsp3) is 0.562. The summed E-state index contributed by atoms with van der Waals surface area (Å²) in [5.74, 6) is -0.899. The highest BCUT2D eigenvalue weighted by Crippen LogP contribution is 2.50. The van der Waals surface area contributed by atoms with Crippen LogP contribution in [0.15, 0.2) is 24.3 Å². The zero-order valence-electron chi connectivity index (χ0n) is 12.2. The SMILES string of the molecule is O=C(NCCc1ccc(CO)cc1)C1(C(F)(F)F)CCCC1. The molecule has 1 aliphatic rings. The molecule has 0 heterocycles. The first-order chi connectivity index (χ1) is 10.4. The van der Waals surface area contributed by atoms with Crippen molar-refractivity contribution in [2.45, 2.75) is 44.9 Å². The van der Waals surface area contributed by atoms with Crippen molar-refractivity contribution in [3.63, 3.8) is 0 Å². The Labute approximate surface area is 127 Å². The molecule has 1 saturated carbocycles. The maximum absolute atomic E-state index is 13.2. The summed E-state index contributed by atoms with van der Waals surface area (Å²) in [5, 5.41) is 11.4. The molecule has 0 spiro atoms. The van der Waals surface area contributed by atoms with Gasteiger partial charge in [-0.3, -0.25) is 4.79 Å². The first-order valence-electron chi connectivity index (χ1n) is 7.43. The maximum Gasteiger partial charge on any atom is 0.403 e. The van der Waals surface area contributed by atoms with E-state index in [2.05, 4.69) is 5.32 Å². The third-order valence-corrected chi connectivity index (χ3v) is 4.34. The molecule has 0 radical (unpaired) electrons. The molecule has 1 fully saturated rings. The number of hydrogen-bond acceptors (Lipinski definition) is 2. The fourth-order valence-electron chi connectivity index (χ4n) is 2.92. The second-order valence-corrected chi connectivity index (χ2v) is 5.77. The predicted octanol–water partition coefficient (Wildman–Crippen LogP) is 2.96. The Morgan fingerprint density at radius 1 is 1.14 bits per heavy atom. The lowest BCUT2D eigenvalue weighted by atomic mass is 9.84. The molecule has 3 nitrogen and oxygen atoms in total. The molecule has 1 aromatic rings. The van der Waals surface area contributed by atoms with Crippen molar-refractivity contribution in [2.24, 2.45) is 5.41 Å². The highest BCUT2D eigenvalue weighted by molar-refractivity contribution is 5.83. The van der Waals surface area contributed by atoms with Gasteiger partial charge in [-0.05, 0) is 30.4 Å². The highest BCUT2D eigenvalue weighted by Gasteiger charge is 2.60. The third kappa shape index (κ3) is 3.43. The van der Waals surface area contributed by atoms with Crippen LogP contribution in [0.3, 0.4) is 0 Å². The van der Waals surface area contributed by atoms with Gasteiger partial charge in [-0.1, -0.05) is 37.1 Å². The average molecular weight is 315 g/mol. The Morgan fingerprint density at radius 2 is 1.68 bits per heavy atom. The molecule has 1 amide bonds. The summed E-state index contributed by atoms with van der Waals surface area (Å²) in [6.07, 6.45) is -3.38. The number of rotatable bonds is 5. The largest absolute Gasteiger partial charge is 0.403 e. The number of hydrogen-bond donors (Lipinski definition) is 2. The van der Waals surface area contributed by atoms with Crippen LogP contribution in [0.25, 0.3) is 0 Å². The zero-order valence-corrected chi connectivity index (χ0v) is 12.2. The second-order valence-electron chi connectivity index (χ2n) is 5.77. The van der Waals surface area contributed by atoms with Crippen LogP contribution >= 0.6 is 0 Å². The van der Waals surface area contributed by atoms with Crippen molar-refractivity contribution in [1.29, 1.82) is 0 Å². The summed E-state index contributed by atoms with van der Waals surface area (Å²) >= 11 is 0. The molecule has 0 unspecified atom stereocenters. The molecule has 0 aromatic heterocycles. The van der Waals surface area contributed by atoms with Gasteiger partial charge >= 0.3 is 6.18 Å². The Hall–Kier alpha value is -1.56. The summed E-state index contributed by atoms with van der Waals surface area (Å²) in [6.45, 7) is 0.125. The molecule has 122 valence electrons. The third-order valence-electron chi connectivity index (χ3n) is 4.34. The zero-order chi connectivity index (χ0) is 16.2. The number of aliphatic hydroxyl groups excluding tert-OH is 1. The van der Waals surface area contributed by atoms with Crippen molar-refractivity contribution in [3.05, 3.63) is 35.4 Å². The monoisotopic (exact) mass is 315 g/mol. The first-order valence-corrected chi connectivity index (χ1v) is 7.43. The minimum Gasteiger partial charge on any atom is -0.392 e. The van der Waals surface area contributed by atoms with Crippen molar-refractivity contribution in [1.82, 2.24) is 5.32 Å². The first kappa shape index (κ1) is 16.8. The van der Waals surface area contributed by atoms with Crippen LogP contribution in [0.1, 0.15) is 36.8 Å². The number of benzene rings is 1. The number of carbonyl (C=O) groups excluding carboxylic acids is 1. The van der Waals surface area contributed by atoms with E-state index >= 15 is 0 Å². The van der Waals surface area contributed by atoms with E-state index in [0.717, 1.165) is 11.1 Å². The van der Waals surface area contributed by atoms with E-state index in [1.54, 1.807) is 24.3 Å². The van der Waals surface area contributed by atoms with E-state index < -0.39 is 17.5 Å². The van der Waals surface area contributed by atoms with Crippen LogP contribution in [-0.2, 0) is 17.8 Å². The van der Waals surface area contributed by atoms with Crippen LogP contribution in [0.5, 0.6) is 0 Å². The molecule has 2 N–H and O–H groups in total. The smallest absolute Gasteiger partial charge is 0.392 e. The van der Waals surface area contributed by atoms with Crippen molar-refractivity contribution in [3.8, 4) is 0 Å². The Bertz CT molecular complexity index is 505. The Balaban J connectivity index is 1.91. The normalized spacial score (nSPS) is 17.5. The Morgan fingerprint density at radius 3 is 2.18 bits per heavy atom. The molecule has 6 heteroatoms. The van der Waals surface area contributed by atoms with Gasteiger partial charge in [0.25, 0.3) is 0 Å². The molecule has 0 aliphatic heterocycles. The summed E-state index contributed by atoms with van der Waals surface area (Å²) in [4.78, 5) is 12.0. The topological polar surface area (TPSA) is 49.3 Å². The van der Waals surface area contributed by atoms with Crippen molar-refractivity contribution >= 4 is 5.91 Å². The van der Waals surface area contributed by atoms with Crippen LogP contribution < -0.4 is 5.32 Å². The van der Waals surface area contributed by atoms with E-state index in [4.69, 9.17) is 5.11 Å². The summed E-state index contributed by atoms with van der Waals surface area (Å²) in [7, 11) is 0. The minimum atomic E-state index is -4.49. The highest BCUT2D eigenvalue weighted by atomic mass is 19.4. The van der Waals surface area contributed by atoms with E-state index in [-0.39, 0.29) is 26.0 Å². The molecule has 2 rings (SSSR count). The van der Waals surface area contributed by atoms with E-state index in [9.17, 15) is 18.0 Å².